The number of carbonyl (C=O) groups excluding carboxylic acids is 2. The van der Waals surface area contributed by atoms with E-state index in [1.807, 2.05) is 54.4 Å². The molecule has 0 saturated heterocycles. The van der Waals surface area contributed by atoms with Crippen molar-refractivity contribution in [3.05, 3.63) is 94.2 Å². The predicted octanol–water partition coefficient (Wildman–Crippen LogP) is 6.19. The van der Waals surface area contributed by atoms with E-state index in [9.17, 15) is 14.0 Å². The van der Waals surface area contributed by atoms with Gasteiger partial charge in [0.25, 0.3) is 11.8 Å². The summed E-state index contributed by atoms with van der Waals surface area (Å²) in [5.41, 5.74) is 3.84. The molecule has 0 aliphatic carbocycles. The third kappa shape index (κ3) is 5.61. The summed E-state index contributed by atoms with van der Waals surface area (Å²) in [4.78, 5) is 36.8. The number of para-hydroxylation sites is 2. The van der Waals surface area contributed by atoms with Crippen LogP contribution in [0.1, 0.15) is 37.7 Å². The van der Waals surface area contributed by atoms with E-state index in [1.165, 1.54) is 17.4 Å². The van der Waals surface area contributed by atoms with Crippen LogP contribution >= 0.6 is 11.3 Å². The van der Waals surface area contributed by atoms with Crippen molar-refractivity contribution in [3.8, 4) is 10.4 Å². The Balaban J connectivity index is 1.41. The van der Waals surface area contributed by atoms with Crippen molar-refractivity contribution in [2.24, 2.45) is 0 Å². The van der Waals surface area contributed by atoms with E-state index in [-0.39, 0.29) is 17.5 Å². The van der Waals surface area contributed by atoms with Gasteiger partial charge in [-0.3, -0.25) is 9.59 Å². The van der Waals surface area contributed by atoms with Gasteiger partial charge in [-0.25, -0.2) is 9.37 Å². The van der Waals surface area contributed by atoms with E-state index in [2.05, 4.69) is 10.3 Å². The molecule has 206 valence electrons. The molecule has 5 rings (SSSR count). The minimum atomic E-state index is -0.468. The van der Waals surface area contributed by atoms with Gasteiger partial charge in [-0.05, 0) is 61.2 Å². The molecule has 0 unspecified atom stereocenters. The van der Waals surface area contributed by atoms with Gasteiger partial charge in [0.2, 0.25) is 0 Å². The Morgan fingerprint density at radius 1 is 1.12 bits per heavy atom. The standard InChI is InChI=1S/C31H31FN4O3S/c1-20-9-6-11-23(32)28(20)34-30(37)26-19-21-15-17-36(25-13-5-4-10-22(25)29(21)40-26)31(38)24-12-7-14-27(33-24)35(2)16-8-18-39-3/h4-7,9-14,19H,8,15-18H2,1-3H3,(H,34,37). The SMILES string of the molecule is COCCCN(C)c1cccc(C(=O)N2CCc3cc(C(=O)Nc4c(C)cccc4F)sc3-c3ccccc32)n1. The number of fused-ring (bicyclic) bond motifs is 3. The Bertz CT molecular complexity index is 1530. The van der Waals surface area contributed by atoms with E-state index in [1.54, 1.807) is 37.1 Å². The number of carbonyl (C=O) groups is 2. The Kier molecular flexibility index (Phi) is 8.23. The molecule has 0 bridgehead atoms. The van der Waals surface area contributed by atoms with Gasteiger partial charge in [0.05, 0.1) is 16.3 Å². The first-order valence-corrected chi connectivity index (χ1v) is 14.0. The van der Waals surface area contributed by atoms with Crippen LogP contribution in [0.2, 0.25) is 0 Å². The summed E-state index contributed by atoms with van der Waals surface area (Å²) in [6.07, 6.45) is 1.42. The lowest BCUT2D eigenvalue weighted by Crippen LogP contribution is -2.33. The molecular formula is C31H31FN4O3S. The molecule has 4 aromatic rings. The average Bonchev–Trinajstić information content (AvgIpc) is 3.33. The number of hydrogen-bond donors (Lipinski definition) is 1. The molecular weight excluding hydrogens is 527 g/mol. The van der Waals surface area contributed by atoms with E-state index in [4.69, 9.17) is 4.74 Å². The van der Waals surface area contributed by atoms with E-state index in [0.29, 0.717) is 35.7 Å². The second kappa shape index (κ2) is 12.0. The Hall–Kier alpha value is -4.08. The zero-order valence-electron chi connectivity index (χ0n) is 22.7. The molecule has 0 atom stereocenters. The number of nitrogens with one attached hydrogen (secondary N) is 1. The number of hydrogen-bond acceptors (Lipinski definition) is 6. The number of halogens is 1. The molecule has 1 aliphatic rings. The smallest absolute Gasteiger partial charge is 0.276 e. The van der Waals surface area contributed by atoms with Crippen molar-refractivity contribution >= 4 is 40.3 Å². The summed E-state index contributed by atoms with van der Waals surface area (Å²) in [7, 11) is 3.63. The first-order chi connectivity index (χ1) is 19.4. The van der Waals surface area contributed by atoms with Crippen molar-refractivity contribution < 1.29 is 18.7 Å². The first kappa shape index (κ1) is 27.5. The lowest BCUT2D eigenvalue weighted by Gasteiger charge is -2.24. The Morgan fingerprint density at radius 2 is 1.93 bits per heavy atom. The van der Waals surface area contributed by atoms with Crippen LogP contribution in [0.5, 0.6) is 0 Å². The monoisotopic (exact) mass is 558 g/mol. The summed E-state index contributed by atoms with van der Waals surface area (Å²) < 4.78 is 19.5. The lowest BCUT2D eigenvalue weighted by atomic mass is 10.1. The molecule has 9 heteroatoms. The van der Waals surface area contributed by atoms with Crippen LogP contribution < -0.4 is 15.1 Å². The number of aromatic nitrogens is 1. The maximum Gasteiger partial charge on any atom is 0.276 e. The van der Waals surface area contributed by atoms with Gasteiger partial charge in [-0.15, -0.1) is 11.3 Å². The molecule has 1 N–H and O–H groups in total. The highest BCUT2D eigenvalue weighted by Crippen LogP contribution is 2.42. The van der Waals surface area contributed by atoms with Gasteiger partial charge in [0, 0.05) is 44.3 Å². The highest BCUT2D eigenvalue weighted by Gasteiger charge is 2.28. The number of benzene rings is 2. The number of thiophene rings is 1. The van der Waals surface area contributed by atoms with E-state index < -0.39 is 5.82 Å². The van der Waals surface area contributed by atoms with Gasteiger partial charge < -0.3 is 19.9 Å². The molecule has 3 heterocycles. The molecule has 40 heavy (non-hydrogen) atoms. The molecule has 0 fully saturated rings. The molecule has 2 aromatic carbocycles. The quantitative estimate of drug-likeness (QED) is 0.261. The maximum absolute atomic E-state index is 14.3. The van der Waals surface area contributed by atoms with Gasteiger partial charge in [-0.2, -0.15) is 0 Å². The number of pyridine rings is 1. The third-order valence-electron chi connectivity index (χ3n) is 6.97. The fourth-order valence-electron chi connectivity index (χ4n) is 4.84. The first-order valence-electron chi connectivity index (χ1n) is 13.1. The summed E-state index contributed by atoms with van der Waals surface area (Å²) in [5.74, 6) is -0.273. The van der Waals surface area contributed by atoms with Crippen LogP contribution in [-0.4, -0.2) is 50.7 Å². The lowest BCUT2D eigenvalue weighted by molar-refractivity contribution is 0.0981. The fourth-order valence-corrected chi connectivity index (χ4v) is 5.98. The summed E-state index contributed by atoms with van der Waals surface area (Å²) in [6.45, 7) is 3.61. The van der Waals surface area contributed by atoms with Crippen molar-refractivity contribution in [2.75, 3.05) is 49.0 Å². The summed E-state index contributed by atoms with van der Waals surface area (Å²) in [6, 6.07) is 19.8. The Labute approximate surface area is 237 Å². The number of methoxy groups -OCH3 is 1. The number of ether oxygens (including phenoxy) is 1. The number of anilines is 3. The zero-order chi connectivity index (χ0) is 28.2. The van der Waals surface area contributed by atoms with Gasteiger partial charge in [0.1, 0.15) is 17.3 Å². The highest BCUT2D eigenvalue weighted by atomic mass is 32.1. The van der Waals surface area contributed by atoms with Crippen molar-refractivity contribution in [1.82, 2.24) is 4.98 Å². The summed E-state index contributed by atoms with van der Waals surface area (Å²) >= 11 is 1.35. The van der Waals surface area contributed by atoms with E-state index in [0.717, 1.165) is 40.5 Å². The average molecular weight is 559 g/mol. The minimum Gasteiger partial charge on any atom is -0.385 e. The summed E-state index contributed by atoms with van der Waals surface area (Å²) in [5, 5.41) is 2.74. The minimum absolute atomic E-state index is 0.178. The molecule has 2 amide bonds. The maximum atomic E-state index is 14.3. The van der Waals surface area contributed by atoms with Crippen LogP contribution in [0.4, 0.5) is 21.6 Å². The molecule has 0 spiro atoms. The van der Waals surface area contributed by atoms with Gasteiger partial charge in [-0.1, -0.05) is 36.4 Å². The molecule has 0 saturated carbocycles. The number of aryl methyl sites for hydroxylation is 1. The third-order valence-corrected chi connectivity index (χ3v) is 8.18. The predicted molar refractivity (Wildman–Crippen MR) is 158 cm³/mol. The second-order valence-electron chi connectivity index (χ2n) is 9.72. The van der Waals surface area contributed by atoms with Crippen molar-refractivity contribution in [2.45, 2.75) is 19.8 Å². The molecule has 1 aliphatic heterocycles. The van der Waals surface area contributed by atoms with Gasteiger partial charge in [0.15, 0.2) is 0 Å². The van der Waals surface area contributed by atoms with Crippen molar-refractivity contribution in [1.29, 1.82) is 0 Å². The van der Waals surface area contributed by atoms with Crippen molar-refractivity contribution in [3.63, 3.8) is 0 Å². The molecule has 2 aromatic heterocycles. The number of nitrogens with zero attached hydrogens (tertiary/aromatic N) is 3. The largest absolute Gasteiger partial charge is 0.385 e. The Morgan fingerprint density at radius 3 is 2.73 bits per heavy atom. The van der Waals surface area contributed by atoms with Crippen LogP contribution in [0, 0.1) is 12.7 Å². The number of amides is 2. The van der Waals surface area contributed by atoms with Crippen LogP contribution in [0.25, 0.3) is 10.4 Å². The van der Waals surface area contributed by atoms with Crippen LogP contribution in [0.3, 0.4) is 0 Å². The highest BCUT2D eigenvalue weighted by molar-refractivity contribution is 7.17. The second-order valence-corrected chi connectivity index (χ2v) is 10.8. The molecule has 0 radical (unpaired) electrons. The van der Waals surface area contributed by atoms with Gasteiger partial charge >= 0.3 is 0 Å². The molecule has 7 nitrogen and oxygen atoms in total. The topological polar surface area (TPSA) is 74.8 Å². The van der Waals surface area contributed by atoms with E-state index >= 15 is 0 Å². The zero-order valence-corrected chi connectivity index (χ0v) is 23.6. The van der Waals surface area contributed by atoms with Crippen LogP contribution in [-0.2, 0) is 11.2 Å². The number of rotatable bonds is 8. The van der Waals surface area contributed by atoms with Crippen LogP contribution in [0.15, 0.2) is 66.7 Å². The normalized spacial score (nSPS) is 12.3. The fraction of sp³-hybridized carbons (Fsp3) is 0.258.